The van der Waals surface area contributed by atoms with Crippen molar-refractivity contribution >= 4 is 40.5 Å². The molecular formula is C17H16Cl2N4O2. The van der Waals surface area contributed by atoms with Gasteiger partial charge < -0.3 is 4.90 Å². The number of carbonyl (C=O) groups excluding carboxylic acids is 1. The van der Waals surface area contributed by atoms with E-state index in [-0.39, 0.29) is 6.54 Å². The number of amides is 1. The van der Waals surface area contributed by atoms with Crippen molar-refractivity contribution in [2.45, 2.75) is 0 Å². The molecule has 8 heteroatoms. The zero-order chi connectivity index (χ0) is 18.4. The number of nitrogens with zero attached hydrogens (tertiary/aromatic N) is 3. The first-order valence-electron chi connectivity index (χ1n) is 7.31. The molecule has 25 heavy (non-hydrogen) atoms. The topological polar surface area (TPSA) is 74.1 Å². The Morgan fingerprint density at radius 3 is 2.48 bits per heavy atom. The van der Waals surface area contributed by atoms with Crippen molar-refractivity contribution in [2.24, 2.45) is 10.3 Å². The third-order valence-corrected chi connectivity index (χ3v) is 3.82. The largest absolute Gasteiger partial charge is 0.377 e. The quantitative estimate of drug-likeness (QED) is 0.469. The van der Waals surface area contributed by atoms with Gasteiger partial charge >= 0.3 is 0 Å². The van der Waals surface area contributed by atoms with E-state index in [2.05, 4.69) is 15.7 Å². The molecule has 0 radical (unpaired) electrons. The van der Waals surface area contributed by atoms with Crippen LogP contribution in [-0.2, 0) is 0 Å². The van der Waals surface area contributed by atoms with Crippen molar-refractivity contribution in [2.75, 3.05) is 25.5 Å². The van der Waals surface area contributed by atoms with E-state index in [1.807, 2.05) is 14.1 Å². The van der Waals surface area contributed by atoms with E-state index in [1.54, 1.807) is 47.4 Å². The van der Waals surface area contributed by atoms with Crippen LogP contribution in [0.3, 0.4) is 0 Å². The predicted molar refractivity (Wildman–Crippen MR) is 102 cm³/mol. The van der Waals surface area contributed by atoms with Crippen LogP contribution < -0.4 is 10.3 Å². The maximum absolute atomic E-state index is 12.5. The Balaban J connectivity index is 2.30. The third kappa shape index (κ3) is 5.01. The minimum Gasteiger partial charge on any atom is -0.377 e. The molecule has 0 aromatic heterocycles. The molecule has 0 bridgehead atoms. The number of anilines is 1. The van der Waals surface area contributed by atoms with Gasteiger partial charge in [-0.2, -0.15) is 10.0 Å². The lowest BCUT2D eigenvalue weighted by Gasteiger charge is -2.16. The van der Waals surface area contributed by atoms with Crippen molar-refractivity contribution < 1.29 is 4.79 Å². The van der Waals surface area contributed by atoms with E-state index < -0.39 is 5.91 Å². The molecule has 0 unspecified atom stereocenters. The number of nitroso groups, excluding NO2 is 1. The molecule has 0 spiro atoms. The maximum Gasteiger partial charge on any atom is 0.273 e. The fourth-order valence-electron chi connectivity index (χ4n) is 2.18. The third-order valence-electron chi connectivity index (χ3n) is 3.35. The van der Waals surface area contributed by atoms with Crippen molar-refractivity contribution in [1.29, 1.82) is 0 Å². The Morgan fingerprint density at radius 1 is 1.12 bits per heavy atom. The van der Waals surface area contributed by atoms with Gasteiger partial charge in [0, 0.05) is 35.4 Å². The molecule has 0 saturated heterocycles. The van der Waals surface area contributed by atoms with E-state index in [0.717, 1.165) is 0 Å². The van der Waals surface area contributed by atoms with Gasteiger partial charge in [0.05, 0.1) is 11.3 Å². The number of hydrogen-bond acceptors (Lipinski definition) is 5. The lowest BCUT2D eigenvalue weighted by molar-refractivity contribution is 0.0955. The SMILES string of the molecule is CN(C)c1ccc(Cl)cc1C(=O)NN=C(CN=O)c1cccc(Cl)c1. The van der Waals surface area contributed by atoms with Crippen molar-refractivity contribution in [3.05, 3.63) is 68.5 Å². The summed E-state index contributed by atoms with van der Waals surface area (Å²) in [4.78, 5) is 25.0. The molecule has 130 valence electrons. The molecule has 0 fully saturated rings. The van der Waals surface area contributed by atoms with Crippen molar-refractivity contribution in [3.63, 3.8) is 0 Å². The number of hydrogen-bond donors (Lipinski definition) is 1. The van der Waals surface area contributed by atoms with Gasteiger partial charge in [-0.15, -0.1) is 0 Å². The zero-order valence-corrected chi connectivity index (χ0v) is 15.2. The second-order valence-corrected chi connectivity index (χ2v) is 6.23. The van der Waals surface area contributed by atoms with E-state index >= 15 is 0 Å². The Bertz CT molecular complexity index is 822. The van der Waals surface area contributed by atoms with E-state index in [4.69, 9.17) is 23.2 Å². The summed E-state index contributed by atoms with van der Waals surface area (Å²) >= 11 is 11.9. The van der Waals surface area contributed by atoms with Crippen LogP contribution in [0.4, 0.5) is 5.69 Å². The summed E-state index contributed by atoms with van der Waals surface area (Å²) in [7, 11) is 3.63. The molecule has 2 aromatic carbocycles. The highest BCUT2D eigenvalue weighted by Gasteiger charge is 2.14. The fraction of sp³-hybridized carbons (Fsp3) is 0.176. The smallest absolute Gasteiger partial charge is 0.273 e. The van der Waals surface area contributed by atoms with Crippen LogP contribution in [0.25, 0.3) is 0 Å². The van der Waals surface area contributed by atoms with Gasteiger partial charge in [-0.05, 0) is 30.3 Å². The first-order valence-corrected chi connectivity index (χ1v) is 8.07. The van der Waals surface area contributed by atoms with Crippen LogP contribution in [-0.4, -0.2) is 32.3 Å². The van der Waals surface area contributed by atoms with Crippen LogP contribution in [0.2, 0.25) is 10.0 Å². The summed E-state index contributed by atoms with van der Waals surface area (Å²) < 4.78 is 0. The van der Waals surface area contributed by atoms with Gasteiger partial charge in [-0.1, -0.05) is 40.5 Å². The van der Waals surface area contributed by atoms with E-state index in [0.29, 0.717) is 32.6 Å². The predicted octanol–water partition coefficient (Wildman–Crippen LogP) is 3.96. The Morgan fingerprint density at radius 2 is 1.84 bits per heavy atom. The van der Waals surface area contributed by atoms with Crippen molar-refractivity contribution in [3.8, 4) is 0 Å². The monoisotopic (exact) mass is 378 g/mol. The highest BCUT2D eigenvalue weighted by atomic mass is 35.5. The first-order chi connectivity index (χ1) is 11.9. The molecule has 0 saturated carbocycles. The van der Waals surface area contributed by atoms with Crippen LogP contribution in [0.1, 0.15) is 15.9 Å². The van der Waals surface area contributed by atoms with E-state index in [1.165, 1.54) is 0 Å². The Hall–Kier alpha value is -2.44. The molecule has 0 atom stereocenters. The van der Waals surface area contributed by atoms with Gasteiger partial charge in [-0.3, -0.25) is 4.79 Å². The highest BCUT2D eigenvalue weighted by Crippen LogP contribution is 2.22. The lowest BCUT2D eigenvalue weighted by Crippen LogP contribution is -2.24. The van der Waals surface area contributed by atoms with Gasteiger partial charge in [0.15, 0.2) is 0 Å². The molecule has 1 amide bonds. The maximum atomic E-state index is 12.5. The molecule has 6 nitrogen and oxygen atoms in total. The minimum atomic E-state index is -0.448. The molecule has 0 aliphatic rings. The zero-order valence-electron chi connectivity index (χ0n) is 13.7. The number of carbonyl (C=O) groups is 1. The fourth-order valence-corrected chi connectivity index (χ4v) is 2.54. The molecule has 2 aromatic rings. The normalized spacial score (nSPS) is 11.1. The summed E-state index contributed by atoms with van der Waals surface area (Å²) in [5, 5.41) is 7.81. The van der Waals surface area contributed by atoms with Gasteiger partial charge in [0.25, 0.3) is 5.91 Å². The van der Waals surface area contributed by atoms with Gasteiger partial charge in [0.2, 0.25) is 0 Å². The molecule has 0 aliphatic carbocycles. The summed E-state index contributed by atoms with van der Waals surface area (Å²) in [5.74, 6) is -0.448. The molecule has 2 rings (SSSR count). The number of rotatable bonds is 6. The number of benzene rings is 2. The molecule has 1 N–H and O–H groups in total. The second kappa shape index (κ2) is 8.60. The van der Waals surface area contributed by atoms with Crippen molar-refractivity contribution in [1.82, 2.24) is 5.43 Å². The second-order valence-electron chi connectivity index (χ2n) is 5.35. The van der Waals surface area contributed by atoms with E-state index in [9.17, 15) is 9.70 Å². The lowest BCUT2D eigenvalue weighted by atomic mass is 10.1. The molecule has 0 aliphatic heterocycles. The average molecular weight is 379 g/mol. The van der Waals surface area contributed by atoms with Gasteiger partial charge in [-0.25, -0.2) is 5.43 Å². The standard InChI is InChI=1S/C17H16Cl2N4O2/c1-23(2)16-7-6-13(19)9-14(16)17(24)22-21-15(10-20-25)11-4-3-5-12(18)8-11/h3-9H,10H2,1-2H3,(H,22,24). The molecular weight excluding hydrogens is 363 g/mol. The highest BCUT2D eigenvalue weighted by molar-refractivity contribution is 6.31. The summed E-state index contributed by atoms with van der Waals surface area (Å²) in [5.41, 5.74) is 4.41. The first kappa shape index (κ1) is 18.9. The minimum absolute atomic E-state index is 0.198. The number of nitrogens with one attached hydrogen (secondary N) is 1. The molecule has 0 heterocycles. The summed E-state index contributed by atoms with van der Waals surface area (Å²) in [6.45, 7) is -0.198. The van der Waals surface area contributed by atoms with Crippen LogP contribution in [0.5, 0.6) is 0 Å². The summed E-state index contributed by atoms with van der Waals surface area (Å²) in [6, 6.07) is 11.8. The van der Waals surface area contributed by atoms with Gasteiger partial charge in [0.1, 0.15) is 6.54 Å². The Kier molecular flexibility index (Phi) is 6.50. The van der Waals surface area contributed by atoms with Crippen LogP contribution in [0, 0.1) is 4.91 Å². The average Bonchev–Trinajstić information content (AvgIpc) is 2.58. The van der Waals surface area contributed by atoms with Crippen LogP contribution in [0.15, 0.2) is 52.7 Å². The number of halogens is 2. The Labute approximate surface area is 155 Å². The number of hydrazone groups is 1. The van der Waals surface area contributed by atoms with Crippen LogP contribution >= 0.6 is 23.2 Å². The summed E-state index contributed by atoms with van der Waals surface area (Å²) in [6.07, 6.45) is 0.